The van der Waals surface area contributed by atoms with E-state index in [2.05, 4.69) is 21.2 Å². The molecule has 12 heavy (non-hydrogen) atoms. The van der Waals surface area contributed by atoms with Crippen LogP contribution in [0.25, 0.3) is 0 Å². The van der Waals surface area contributed by atoms with Gasteiger partial charge in [-0.1, -0.05) is 15.9 Å². The summed E-state index contributed by atoms with van der Waals surface area (Å²) in [5.41, 5.74) is 0. The molecule has 0 rings (SSSR count). The minimum absolute atomic E-state index is 0.0907. The second kappa shape index (κ2) is 6.14. The van der Waals surface area contributed by atoms with Crippen molar-refractivity contribution in [3.05, 3.63) is 0 Å². The lowest BCUT2D eigenvalue weighted by Gasteiger charge is -2.13. The van der Waals surface area contributed by atoms with Crippen molar-refractivity contribution in [3.63, 3.8) is 0 Å². The average Bonchev–Trinajstić information content (AvgIpc) is 2.01. The van der Waals surface area contributed by atoms with Gasteiger partial charge in [0.1, 0.15) is 6.04 Å². The van der Waals surface area contributed by atoms with Crippen molar-refractivity contribution in [1.29, 1.82) is 0 Å². The van der Waals surface area contributed by atoms with Crippen LogP contribution in [0.4, 0.5) is 0 Å². The molecule has 0 spiro atoms. The van der Waals surface area contributed by atoms with Crippen molar-refractivity contribution in [2.45, 2.75) is 13.0 Å². The SMILES string of the molecule is COCC(NC(C)=O)C(=O)CBr. The summed E-state index contributed by atoms with van der Waals surface area (Å²) >= 11 is 3.02. The van der Waals surface area contributed by atoms with E-state index in [1.807, 2.05) is 0 Å². The predicted molar refractivity (Wildman–Crippen MR) is 48.3 cm³/mol. The molecule has 5 heteroatoms. The number of nitrogens with one attached hydrogen (secondary N) is 1. The van der Waals surface area contributed by atoms with Crippen molar-refractivity contribution in [1.82, 2.24) is 5.32 Å². The van der Waals surface area contributed by atoms with Gasteiger partial charge in [0.05, 0.1) is 11.9 Å². The second-order valence-electron chi connectivity index (χ2n) is 2.31. The van der Waals surface area contributed by atoms with Crippen LogP contribution < -0.4 is 5.32 Å². The number of methoxy groups -OCH3 is 1. The van der Waals surface area contributed by atoms with Gasteiger partial charge in [-0.15, -0.1) is 0 Å². The first-order valence-corrected chi connectivity index (χ1v) is 4.58. The van der Waals surface area contributed by atoms with Crippen LogP contribution in [0, 0.1) is 0 Å². The fourth-order valence-corrected chi connectivity index (χ4v) is 1.11. The number of alkyl halides is 1. The van der Waals surface area contributed by atoms with Crippen molar-refractivity contribution in [2.75, 3.05) is 19.0 Å². The summed E-state index contributed by atoms with van der Waals surface area (Å²) in [6, 6.07) is -0.535. The van der Waals surface area contributed by atoms with E-state index in [1.165, 1.54) is 14.0 Å². The molecular formula is C7H12BrNO3. The summed E-state index contributed by atoms with van der Waals surface area (Å²) in [6.45, 7) is 1.58. The largest absolute Gasteiger partial charge is 0.382 e. The minimum Gasteiger partial charge on any atom is -0.382 e. The highest BCUT2D eigenvalue weighted by atomic mass is 79.9. The molecule has 70 valence electrons. The van der Waals surface area contributed by atoms with E-state index >= 15 is 0 Å². The number of ketones is 1. The zero-order valence-corrected chi connectivity index (χ0v) is 8.68. The molecule has 0 aromatic rings. The van der Waals surface area contributed by atoms with Gasteiger partial charge in [-0.3, -0.25) is 9.59 Å². The molecule has 1 amide bonds. The predicted octanol–water partition coefficient (Wildman–Crippen LogP) is 0.102. The first-order chi connectivity index (χ1) is 5.61. The first kappa shape index (κ1) is 11.6. The molecule has 4 nitrogen and oxygen atoms in total. The summed E-state index contributed by atoms with van der Waals surface area (Å²) < 4.78 is 4.77. The molecule has 0 aromatic carbocycles. The van der Waals surface area contributed by atoms with Crippen LogP contribution in [-0.2, 0) is 14.3 Å². The minimum atomic E-state index is -0.535. The van der Waals surface area contributed by atoms with Gasteiger partial charge in [0.25, 0.3) is 0 Å². The van der Waals surface area contributed by atoms with E-state index < -0.39 is 6.04 Å². The van der Waals surface area contributed by atoms with Crippen LogP contribution in [0.2, 0.25) is 0 Å². The summed E-state index contributed by atoms with van der Waals surface area (Å²) in [5.74, 6) is -0.321. The number of carbonyl (C=O) groups is 2. The maximum Gasteiger partial charge on any atom is 0.217 e. The van der Waals surface area contributed by atoms with Crippen LogP contribution in [0.15, 0.2) is 0 Å². The van der Waals surface area contributed by atoms with Gasteiger partial charge < -0.3 is 10.1 Å². The first-order valence-electron chi connectivity index (χ1n) is 3.46. The Kier molecular flexibility index (Phi) is 5.92. The zero-order valence-electron chi connectivity index (χ0n) is 7.09. The molecule has 0 aliphatic rings. The lowest BCUT2D eigenvalue weighted by molar-refractivity contribution is -0.126. The van der Waals surface area contributed by atoms with Gasteiger partial charge in [-0.25, -0.2) is 0 Å². The Labute approximate surface area is 79.8 Å². The van der Waals surface area contributed by atoms with Gasteiger partial charge in [-0.2, -0.15) is 0 Å². The van der Waals surface area contributed by atoms with Crippen LogP contribution in [0.5, 0.6) is 0 Å². The summed E-state index contributed by atoms with van der Waals surface area (Å²) in [4.78, 5) is 21.7. The molecular weight excluding hydrogens is 226 g/mol. The van der Waals surface area contributed by atoms with Crippen molar-refractivity contribution in [3.8, 4) is 0 Å². The molecule has 0 saturated heterocycles. The van der Waals surface area contributed by atoms with Crippen LogP contribution in [0.3, 0.4) is 0 Å². The van der Waals surface area contributed by atoms with Crippen molar-refractivity contribution < 1.29 is 14.3 Å². The number of amides is 1. The molecule has 1 atom stereocenters. The van der Waals surface area contributed by atoms with E-state index in [0.717, 1.165) is 0 Å². The van der Waals surface area contributed by atoms with E-state index in [9.17, 15) is 9.59 Å². The van der Waals surface area contributed by atoms with Gasteiger partial charge in [0.15, 0.2) is 5.78 Å². The van der Waals surface area contributed by atoms with Crippen molar-refractivity contribution >= 4 is 27.6 Å². The molecule has 0 aliphatic carbocycles. The summed E-state index contributed by atoms with van der Waals surface area (Å²) in [5, 5.41) is 2.71. The molecule has 0 heterocycles. The van der Waals surface area contributed by atoms with Gasteiger partial charge >= 0.3 is 0 Å². The van der Waals surface area contributed by atoms with Crippen LogP contribution in [-0.4, -0.2) is 36.8 Å². The molecule has 0 saturated carbocycles. The number of Topliss-reactive ketones (excluding diaryl/α,β-unsaturated/α-hetero) is 1. The molecule has 0 aliphatic heterocycles. The Morgan fingerprint density at radius 2 is 2.17 bits per heavy atom. The Morgan fingerprint density at radius 1 is 1.58 bits per heavy atom. The van der Waals surface area contributed by atoms with Crippen molar-refractivity contribution in [2.24, 2.45) is 0 Å². The lowest BCUT2D eigenvalue weighted by Crippen LogP contribution is -2.43. The van der Waals surface area contributed by atoms with E-state index in [-0.39, 0.29) is 23.6 Å². The number of carbonyl (C=O) groups excluding carboxylic acids is 2. The number of rotatable bonds is 5. The Balaban J connectivity index is 4.02. The van der Waals surface area contributed by atoms with E-state index in [0.29, 0.717) is 0 Å². The van der Waals surface area contributed by atoms with Gasteiger partial charge in [-0.05, 0) is 0 Å². The topological polar surface area (TPSA) is 55.4 Å². The zero-order chi connectivity index (χ0) is 9.56. The highest BCUT2D eigenvalue weighted by Gasteiger charge is 2.17. The Morgan fingerprint density at radius 3 is 2.50 bits per heavy atom. The monoisotopic (exact) mass is 237 g/mol. The average molecular weight is 238 g/mol. The third-order valence-corrected chi connectivity index (χ3v) is 1.78. The van der Waals surface area contributed by atoms with E-state index in [1.54, 1.807) is 0 Å². The molecule has 1 N–H and O–H groups in total. The summed E-state index contributed by atoms with van der Waals surface area (Å²) in [7, 11) is 1.48. The van der Waals surface area contributed by atoms with Crippen LogP contribution in [0.1, 0.15) is 6.92 Å². The Bertz CT molecular complexity index is 172. The molecule has 0 bridgehead atoms. The highest BCUT2D eigenvalue weighted by Crippen LogP contribution is 1.92. The van der Waals surface area contributed by atoms with E-state index in [4.69, 9.17) is 4.74 Å². The fraction of sp³-hybridized carbons (Fsp3) is 0.714. The lowest BCUT2D eigenvalue weighted by atomic mass is 10.2. The smallest absolute Gasteiger partial charge is 0.217 e. The van der Waals surface area contributed by atoms with Gasteiger partial charge in [0.2, 0.25) is 5.91 Å². The highest BCUT2D eigenvalue weighted by molar-refractivity contribution is 9.09. The maximum absolute atomic E-state index is 11.1. The number of halogens is 1. The maximum atomic E-state index is 11.1. The molecule has 0 radical (unpaired) electrons. The molecule has 0 fully saturated rings. The third kappa shape index (κ3) is 4.46. The molecule has 0 aromatic heterocycles. The third-order valence-electron chi connectivity index (χ3n) is 1.23. The fourth-order valence-electron chi connectivity index (χ4n) is 0.720. The Hall–Kier alpha value is -0.420. The number of ether oxygens (including phenoxy) is 1. The number of hydrogen-bond donors (Lipinski definition) is 1. The normalized spacial score (nSPS) is 12.2. The summed E-state index contributed by atoms with van der Waals surface area (Å²) in [6.07, 6.45) is 0. The number of hydrogen-bond acceptors (Lipinski definition) is 3. The molecule has 1 unspecified atom stereocenters. The van der Waals surface area contributed by atoms with Gasteiger partial charge in [0, 0.05) is 14.0 Å². The standard InChI is InChI=1S/C7H12BrNO3/c1-5(10)9-6(4-12-2)7(11)3-8/h6H,3-4H2,1-2H3,(H,9,10). The second-order valence-corrected chi connectivity index (χ2v) is 2.87. The van der Waals surface area contributed by atoms with Crippen LogP contribution >= 0.6 is 15.9 Å². The quantitative estimate of drug-likeness (QED) is 0.691.